The smallest absolute Gasteiger partial charge is 0.347 e. The van der Waals surface area contributed by atoms with E-state index in [-0.39, 0.29) is 4.88 Å². The molecular formula is C19H14N4O3S. The molecule has 1 aromatic carbocycles. The number of aryl methyl sites for hydroxylation is 2. The monoisotopic (exact) mass is 378 g/mol. The first-order valence-corrected chi connectivity index (χ1v) is 8.93. The van der Waals surface area contributed by atoms with Gasteiger partial charge in [-0.25, -0.2) is 14.8 Å². The van der Waals surface area contributed by atoms with E-state index in [9.17, 15) is 15.2 Å². The number of carboxylic acid groups (broad SMARTS) is 1. The van der Waals surface area contributed by atoms with Gasteiger partial charge in [0.1, 0.15) is 22.2 Å². The summed E-state index contributed by atoms with van der Waals surface area (Å²) in [6.07, 6.45) is 3.39. The number of aromatic nitrogens is 3. The predicted octanol–water partition coefficient (Wildman–Crippen LogP) is 3.99. The van der Waals surface area contributed by atoms with Crippen molar-refractivity contribution in [1.82, 2.24) is 14.5 Å². The van der Waals surface area contributed by atoms with E-state index >= 15 is 0 Å². The number of aromatic carboxylic acids is 1. The third-order valence-corrected chi connectivity index (χ3v) is 5.43. The summed E-state index contributed by atoms with van der Waals surface area (Å²) in [5, 5.41) is 20.2. The van der Waals surface area contributed by atoms with Crippen LogP contribution in [-0.2, 0) is 6.54 Å². The van der Waals surface area contributed by atoms with Gasteiger partial charge in [-0.2, -0.15) is 5.26 Å². The van der Waals surface area contributed by atoms with Crippen molar-refractivity contribution in [3.05, 3.63) is 58.4 Å². The fourth-order valence-electron chi connectivity index (χ4n) is 3.02. The average molecular weight is 378 g/mol. The largest absolute Gasteiger partial charge is 0.477 e. The third kappa shape index (κ3) is 2.98. The first-order chi connectivity index (χ1) is 13.0. The van der Waals surface area contributed by atoms with Crippen LogP contribution in [0.4, 0.5) is 0 Å². The second-order valence-corrected chi connectivity index (χ2v) is 7.11. The molecule has 134 valence electrons. The number of carbonyl (C=O) groups is 1. The van der Waals surface area contributed by atoms with Gasteiger partial charge < -0.3 is 14.1 Å². The summed E-state index contributed by atoms with van der Waals surface area (Å²) < 4.78 is 7.20. The van der Waals surface area contributed by atoms with E-state index in [1.807, 2.05) is 22.8 Å². The Labute approximate surface area is 158 Å². The van der Waals surface area contributed by atoms with Gasteiger partial charge in [0.05, 0.1) is 23.5 Å². The van der Waals surface area contributed by atoms with Crippen molar-refractivity contribution in [2.75, 3.05) is 0 Å². The number of nitriles is 1. The molecular weight excluding hydrogens is 364 g/mol. The Morgan fingerprint density at radius 2 is 2.19 bits per heavy atom. The van der Waals surface area contributed by atoms with E-state index in [0.717, 1.165) is 33.5 Å². The third-order valence-electron chi connectivity index (χ3n) is 4.24. The van der Waals surface area contributed by atoms with E-state index in [2.05, 4.69) is 16.0 Å². The molecule has 0 aliphatic carbocycles. The van der Waals surface area contributed by atoms with Gasteiger partial charge in [-0.15, -0.1) is 11.3 Å². The lowest BCUT2D eigenvalue weighted by atomic mass is 10.1. The van der Waals surface area contributed by atoms with Crippen LogP contribution in [-0.4, -0.2) is 25.6 Å². The maximum absolute atomic E-state index is 11.3. The van der Waals surface area contributed by atoms with Gasteiger partial charge in [0.25, 0.3) is 0 Å². The SMILES string of the molecule is Cc1nc(Cn2cc(C#N)c3cc(-c4nc(C)c(C(=O)O)s4)ccc32)co1. The highest BCUT2D eigenvalue weighted by molar-refractivity contribution is 7.17. The number of rotatable bonds is 4. The van der Waals surface area contributed by atoms with Crippen molar-refractivity contribution in [2.24, 2.45) is 0 Å². The quantitative estimate of drug-likeness (QED) is 0.576. The van der Waals surface area contributed by atoms with E-state index in [0.29, 0.717) is 28.7 Å². The number of carboxylic acids is 1. The zero-order valence-corrected chi connectivity index (χ0v) is 15.4. The molecule has 0 radical (unpaired) electrons. The number of thiazole rings is 1. The van der Waals surface area contributed by atoms with Gasteiger partial charge in [0.2, 0.25) is 0 Å². The second kappa shape index (κ2) is 6.37. The molecule has 3 aromatic heterocycles. The molecule has 1 N–H and O–H groups in total. The molecule has 0 saturated heterocycles. The molecule has 0 amide bonds. The van der Waals surface area contributed by atoms with Gasteiger partial charge in [-0.1, -0.05) is 0 Å². The van der Waals surface area contributed by atoms with Crippen LogP contribution in [0.5, 0.6) is 0 Å². The maximum Gasteiger partial charge on any atom is 0.347 e. The molecule has 0 bridgehead atoms. The molecule has 0 saturated carbocycles. The van der Waals surface area contributed by atoms with Crippen LogP contribution in [0.3, 0.4) is 0 Å². The van der Waals surface area contributed by atoms with Gasteiger partial charge in [0.15, 0.2) is 5.89 Å². The van der Waals surface area contributed by atoms with Gasteiger partial charge in [-0.3, -0.25) is 0 Å². The Balaban J connectivity index is 1.79. The summed E-state index contributed by atoms with van der Waals surface area (Å²) in [5.41, 5.74) is 3.48. The van der Waals surface area contributed by atoms with Crippen LogP contribution < -0.4 is 0 Å². The second-order valence-electron chi connectivity index (χ2n) is 6.11. The van der Waals surface area contributed by atoms with E-state index < -0.39 is 5.97 Å². The zero-order chi connectivity index (χ0) is 19.1. The molecule has 3 heterocycles. The number of oxazole rings is 1. The predicted molar refractivity (Wildman–Crippen MR) is 99.8 cm³/mol. The Kier molecular flexibility index (Phi) is 4.01. The lowest BCUT2D eigenvalue weighted by Gasteiger charge is -2.03. The molecule has 4 aromatic rings. The highest BCUT2D eigenvalue weighted by Gasteiger charge is 2.17. The van der Waals surface area contributed by atoms with Gasteiger partial charge >= 0.3 is 5.97 Å². The summed E-state index contributed by atoms with van der Waals surface area (Å²) in [6, 6.07) is 7.90. The fraction of sp³-hybridized carbons (Fsp3) is 0.158. The normalized spacial score (nSPS) is 11.0. The van der Waals surface area contributed by atoms with Crippen LogP contribution in [0, 0.1) is 25.2 Å². The first kappa shape index (κ1) is 17.0. The molecule has 0 unspecified atom stereocenters. The van der Waals surface area contributed by atoms with Crippen LogP contribution >= 0.6 is 11.3 Å². The Morgan fingerprint density at radius 1 is 1.37 bits per heavy atom. The molecule has 4 rings (SSSR count). The molecule has 0 atom stereocenters. The number of benzene rings is 1. The van der Waals surface area contributed by atoms with Crippen molar-refractivity contribution in [2.45, 2.75) is 20.4 Å². The number of nitrogens with zero attached hydrogens (tertiary/aromatic N) is 4. The fourth-order valence-corrected chi connectivity index (χ4v) is 3.93. The summed E-state index contributed by atoms with van der Waals surface area (Å²) in [7, 11) is 0. The Bertz CT molecular complexity index is 1230. The van der Waals surface area contributed by atoms with Crippen LogP contribution in [0.25, 0.3) is 21.5 Å². The van der Waals surface area contributed by atoms with Crippen molar-refractivity contribution in [1.29, 1.82) is 5.26 Å². The van der Waals surface area contributed by atoms with E-state index in [1.54, 1.807) is 26.3 Å². The Hall–Kier alpha value is -3.44. The minimum Gasteiger partial charge on any atom is -0.477 e. The average Bonchev–Trinajstić information content (AvgIpc) is 3.32. The van der Waals surface area contributed by atoms with Crippen LogP contribution in [0.15, 0.2) is 35.1 Å². The molecule has 8 heteroatoms. The minimum absolute atomic E-state index is 0.226. The number of hydrogen-bond donors (Lipinski definition) is 1. The summed E-state index contributed by atoms with van der Waals surface area (Å²) in [6.45, 7) is 3.96. The van der Waals surface area contributed by atoms with Crippen molar-refractivity contribution >= 4 is 28.2 Å². The molecule has 0 spiro atoms. The molecule has 0 aliphatic rings. The summed E-state index contributed by atoms with van der Waals surface area (Å²) >= 11 is 1.13. The zero-order valence-electron chi connectivity index (χ0n) is 14.6. The topological polar surface area (TPSA) is 105 Å². The standard InChI is InChI=1S/C19H14N4O3S/c1-10-17(19(24)25)27-18(21-10)12-3-4-16-15(5-12)13(6-20)7-23(16)8-14-9-26-11(2)22-14/h3-5,7,9H,8H2,1-2H3,(H,24,25). The van der Waals surface area contributed by atoms with Crippen LogP contribution in [0.1, 0.15) is 32.5 Å². The van der Waals surface area contributed by atoms with Gasteiger partial charge in [-0.05, 0) is 25.1 Å². The van der Waals surface area contributed by atoms with Gasteiger partial charge in [0, 0.05) is 29.6 Å². The highest BCUT2D eigenvalue weighted by Crippen LogP contribution is 2.32. The molecule has 7 nitrogen and oxygen atoms in total. The number of hydrogen-bond acceptors (Lipinski definition) is 6. The van der Waals surface area contributed by atoms with E-state index in [1.165, 1.54) is 0 Å². The van der Waals surface area contributed by atoms with Crippen molar-refractivity contribution < 1.29 is 14.3 Å². The minimum atomic E-state index is -0.982. The summed E-state index contributed by atoms with van der Waals surface area (Å²) in [5.74, 6) is -0.387. The Morgan fingerprint density at radius 3 is 2.81 bits per heavy atom. The van der Waals surface area contributed by atoms with Crippen molar-refractivity contribution in [3.8, 4) is 16.6 Å². The lowest BCUT2D eigenvalue weighted by Crippen LogP contribution is -1.98. The molecule has 27 heavy (non-hydrogen) atoms. The summed E-state index contributed by atoms with van der Waals surface area (Å²) in [4.78, 5) is 20.2. The highest BCUT2D eigenvalue weighted by atomic mass is 32.1. The van der Waals surface area contributed by atoms with Crippen molar-refractivity contribution in [3.63, 3.8) is 0 Å². The first-order valence-electron chi connectivity index (χ1n) is 8.11. The van der Waals surface area contributed by atoms with E-state index in [4.69, 9.17) is 4.42 Å². The maximum atomic E-state index is 11.3. The number of fused-ring (bicyclic) bond motifs is 1. The van der Waals surface area contributed by atoms with Crippen LogP contribution in [0.2, 0.25) is 0 Å². The lowest BCUT2D eigenvalue weighted by molar-refractivity contribution is 0.0701. The molecule has 0 fully saturated rings. The molecule has 0 aliphatic heterocycles.